The maximum atomic E-state index is 14.1. The first kappa shape index (κ1) is 26.4. The van der Waals surface area contributed by atoms with Crippen molar-refractivity contribution in [3.8, 4) is 17.2 Å². The van der Waals surface area contributed by atoms with Gasteiger partial charge < -0.3 is 15.0 Å². The van der Waals surface area contributed by atoms with E-state index in [9.17, 15) is 13.6 Å². The monoisotopic (exact) mass is 536 g/mol. The summed E-state index contributed by atoms with van der Waals surface area (Å²) in [6, 6.07) is 4.48. The molecule has 5 heterocycles. The molecule has 1 amide bonds. The van der Waals surface area contributed by atoms with E-state index in [0.29, 0.717) is 48.7 Å². The Balaban J connectivity index is 1.47. The first-order valence-electron chi connectivity index (χ1n) is 12.7. The number of carbonyl (C=O) groups excluding carboxylic acids is 1. The molecule has 1 aliphatic heterocycles. The van der Waals surface area contributed by atoms with Gasteiger partial charge in [-0.1, -0.05) is 0 Å². The number of amides is 1. The van der Waals surface area contributed by atoms with Gasteiger partial charge in [0.05, 0.1) is 34.9 Å². The van der Waals surface area contributed by atoms with Crippen molar-refractivity contribution in [2.24, 2.45) is 0 Å². The third-order valence-electron chi connectivity index (χ3n) is 6.25. The van der Waals surface area contributed by atoms with Gasteiger partial charge in [0.2, 0.25) is 0 Å². The van der Waals surface area contributed by atoms with Gasteiger partial charge in [0.1, 0.15) is 17.1 Å². The van der Waals surface area contributed by atoms with Crippen LogP contribution in [0.15, 0.2) is 43.0 Å². The van der Waals surface area contributed by atoms with Crippen LogP contribution < -0.4 is 10.2 Å². The number of hydrogen-bond donors (Lipinski definition) is 1. The van der Waals surface area contributed by atoms with Gasteiger partial charge in [-0.2, -0.15) is 5.10 Å². The Labute approximate surface area is 224 Å². The zero-order valence-electron chi connectivity index (χ0n) is 22.2. The van der Waals surface area contributed by atoms with E-state index < -0.39 is 18.1 Å². The van der Waals surface area contributed by atoms with Gasteiger partial charge in [-0.05, 0) is 58.7 Å². The van der Waals surface area contributed by atoms with Crippen molar-refractivity contribution in [1.29, 1.82) is 0 Å². The number of hydrogen-bond acceptors (Lipinski definition) is 8. The first-order valence-corrected chi connectivity index (χ1v) is 12.7. The molecule has 204 valence electrons. The van der Waals surface area contributed by atoms with Gasteiger partial charge >= 0.3 is 6.09 Å². The second-order valence-electron chi connectivity index (χ2n) is 10.5. The van der Waals surface area contributed by atoms with Crippen LogP contribution in [-0.2, 0) is 4.74 Å². The third kappa shape index (κ3) is 5.94. The van der Waals surface area contributed by atoms with Crippen LogP contribution in [0, 0.1) is 6.92 Å². The highest BCUT2D eigenvalue weighted by Gasteiger charge is 2.28. The minimum atomic E-state index is -2.72. The molecule has 10 nitrogen and oxygen atoms in total. The van der Waals surface area contributed by atoms with Crippen molar-refractivity contribution < 1.29 is 18.3 Å². The van der Waals surface area contributed by atoms with Crippen LogP contribution in [0.4, 0.5) is 19.4 Å². The summed E-state index contributed by atoms with van der Waals surface area (Å²) in [5, 5.41) is 8.09. The van der Waals surface area contributed by atoms with Crippen molar-refractivity contribution in [3.63, 3.8) is 0 Å². The lowest BCUT2D eigenvalue weighted by Crippen LogP contribution is -2.49. The Morgan fingerprint density at radius 2 is 1.95 bits per heavy atom. The van der Waals surface area contributed by atoms with E-state index in [2.05, 4.69) is 30.4 Å². The highest BCUT2D eigenvalue weighted by molar-refractivity contribution is 5.82. The molecule has 0 bridgehead atoms. The van der Waals surface area contributed by atoms with Gasteiger partial charge in [-0.3, -0.25) is 9.97 Å². The minimum Gasteiger partial charge on any atom is -0.444 e. The first-order chi connectivity index (χ1) is 18.6. The molecule has 39 heavy (non-hydrogen) atoms. The largest absolute Gasteiger partial charge is 0.444 e. The summed E-state index contributed by atoms with van der Waals surface area (Å²) in [5.74, 6) is 0.555. The molecule has 1 saturated heterocycles. The number of nitrogens with zero attached hydrogens (tertiary/aromatic N) is 7. The predicted octanol–water partition coefficient (Wildman–Crippen LogP) is 5.01. The molecule has 0 radical (unpaired) electrons. The van der Waals surface area contributed by atoms with Crippen LogP contribution in [-0.4, -0.2) is 60.5 Å². The lowest BCUT2D eigenvalue weighted by Gasteiger charge is -2.35. The maximum absolute atomic E-state index is 14.1. The van der Waals surface area contributed by atoms with Crippen LogP contribution in [0.1, 0.15) is 51.3 Å². The molecule has 4 aromatic rings. The molecule has 5 rings (SSSR count). The van der Waals surface area contributed by atoms with Gasteiger partial charge in [-0.25, -0.2) is 28.2 Å². The molecule has 0 aliphatic carbocycles. The molecule has 1 fully saturated rings. The maximum Gasteiger partial charge on any atom is 0.407 e. The topological polar surface area (TPSA) is 111 Å². The highest BCUT2D eigenvalue weighted by atomic mass is 19.3. The Morgan fingerprint density at radius 1 is 1.13 bits per heavy atom. The van der Waals surface area contributed by atoms with Gasteiger partial charge in [0, 0.05) is 36.9 Å². The summed E-state index contributed by atoms with van der Waals surface area (Å²) >= 11 is 0. The molecule has 1 aliphatic rings. The summed E-state index contributed by atoms with van der Waals surface area (Å²) in [6.45, 7) is 8.07. The zero-order valence-corrected chi connectivity index (χ0v) is 22.2. The highest BCUT2D eigenvalue weighted by Crippen LogP contribution is 2.32. The summed E-state index contributed by atoms with van der Waals surface area (Å²) in [6.07, 6.45) is 4.79. The fourth-order valence-corrected chi connectivity index (χ4v) is 4.58. The fourth-order valence-electron chi connectivity index (χ4n) is 4.58. The Bertz CT molecular complexity index is 1500. The standard InChI is InChI=1S/C27H30F2N8O2/c1-16-11-30-14-21(33-16)20-10-22-17(12-31-20)13-32-37(22)23-8-7-19(24(28)29)25(35-23)36-9-5-6-18(15-36)34-26(38)39-27(2,3)4/h7-8,10-14,18,24H,5-6,9,15H2,1-4H3,(H,34,38)/t18-/m0/s1. The molecule has 0 saturated carbocycles. The number of aromatic nitrogens is 6. The molecule has 12 heteroatoms. The molecule has 0 aromatic carbocycles. The van der Waals surface area contributed by atoms with Gasteiger partial charge in [0.25, 0.3) is 6.43 Å². The van der Waals surface area contributed by atoms with Crippen LogP contribution in [0.2, 0.25) is 0 Å². The smallest absolute Gasteiger partial charge is 0.407 e. The van der Waals surface area contributed by atoms with E-state index in [4.69, 9.17) is 4.74 Å². The minimum absolute atomic E-state index is 0.167. The van der Waals surface area contributed by atoms with Crippen LogP contribution in [0.25, 0.3) is 28.1 Å². The van der Waals surface area contributed by atoms with Crippen molar-refractivity contribution >= 4 is 22.8 Å². The fraction of sp³-hybridized carbons (Fsp3) is 0.407. The number of nitrogens with one attached hydrogen (secondary N) is 1. The van der Waals surface area contributed by atoms with Crippen LogP contribution in [0.5, 0.6) is 0 Å². The van der Waals surface area contributed by atoms with Gasteiger partial charge in [-0.15, -0.1) is 0 Å². The second kappa shape index (κ2) is 10.5. The average Bonchev–Trinajstić information content (AvgIpc) is 3.30. The number of alkyl halides is 2. The molecule has 0 spiro atoms. The second-order valence-corrected chi connectivity index (χ2v) is 10.5. The van der Waals surface area contributed by atoms with Crippen LogP contribution in [0.3, 0.4) is 0 Å². The summed E-state index contributed by atoms with van der Waals surface area (Å²) in [7, 11) is 0. The van der Waals surface area contributed by atoms with E-state index in [0.717, 1.165) is 11.1 Å². The Hall–Kier alpha value is -4.22. The van der Waals surface area contributed by atoms with Gasteiger partial charge in [0.15, 0.2) is 5.82 Å². The molecular weight excluding hydrogens is 506 g/mol. The summed E-state index contributed by atoms with van der Waals surface area (Å²) < 4.78 is 35.1. The molecular formula is C27H30F2N8O2. The number of alkyl carbamates (subject to hydrolysis) is 1. The summed E-state index contributed by atoms with van der Waals surface area (Å²) in [5.41, 5.74) is 1.88. The van der Waals surface area contributed by atoms with Crippen molar-refractivity contribution in [3.05, 3.63) is 54.2 Å². The number of anilines is 1. The number of carbonyl (C=O) groups is 1. The quantitative estimate of drug-likeness (QED) is 0.379. The van der Waals surface area contributed by atoms with Crippen molar-refractivity contribution in [2.45, 2.75) is 58.6 Å². The van der Waals surface area contributed by atoms with E-state index in [1.54, 1.807) is 55.1 Å². The molecule has 1 atom stereocenters. The number of halogens is 2. The number of pyridine rings is 2. The van der Waals surface area contributed by atoms with Crippen LogP contribution >= 0.6 is 0 Å². The SMILES string of the molecule is Cc1cncc(-c2cc3c(cn2)cnn3-c2ccc(C(F)F)c(N3CCC[C@H](NC(=O)OC(C)(C)C)C3)n2)n1. The normalized spacial score (nSPS) is 16.1. The van der Waals surface area contributed by atoms with Crippen molar-refractivity contribution in [2.75, 3.05) is 18.0 Å². The molecule has 1 N–H and O–H groups in total. The number of rotatable bonds is 5. The lowest BCUT2D eigenvalue weighted by atomic mass is 10.1. The molecule has 4 aromatic heterocycles. The Kier molecular flexibility index (Phi) is 7.11. The zero-order chi connectivity index (χ0) is 27.7. The number of piperidine rings is 1. The number of ether oxygens (including phenoxy) is 1. The van der Waals surface area contributed by atoms with E-state index in [1.165, 1.54) is 12.1 Å². The van der Waals surface area contributed by atoms with E-state index in [-0.39, 0.29) is 17.4 Å². The molecule has 0 unspecified atom stereocenters. The third-order valence-corrected chi connectivity index (χ3v) is 6.25. The summed E-state index contributed by atoms with van der Waals surface area (Å²) in [4.78, 5) is 31.9. The number of fused-ring (bicyclic) bond motifs is 1. The van der Waals surface area contributed by atoms with Crippen molar-refractivity contribution in [1.82, 2.24) is 35.0 Å². The average molecular weight is 537 g/mol. The van der Waals surface area contributed by atoms with E-state index in [1.807, 2.05) is 13.0 Å². The number of aryl methyl sites for hydroxylation is 1. The van der Waals surface area contributed by atoms with E-state index >= 15 is 0 Å². The lowest BCUT2D eigenvalue weighted by molar-refractivity contribution is 0.0499. The Morgan fingerprint density at radius 3 is 2.69 bits per heavy atom. The predicted molar refractivity (Wildman–Crippen MR) is 142 cm³/mol.